The smallest absolute Gasteiger partial charge is 0.322 e. The molecule has 1 aromatic carbocycles. The van der Waals surface area contributed by atoms with Gasteiger partial charge >= 0.3 is 6.03 Å². The van der Waals surface area contributed by atoms with Crippen molar-refractivity contribution >= 4 is 11.9 Å². The van der Waals surface area contributed by atoms with Crippen LogP contribution in [0, 0.1) is 18.8 Å². The van der Waals surface area contributed by atoms with Crippen LogP contribution in [0.25, 0.3) is 0 Å². The van der Waals surface area contributed by atoms with Crippen molar-refractivity contribution in [2.45, 2.75) is 75.5 Å². The number of nitrogens with one attached hydrogen (secondary N) is 2. The monoisotopic (exact) mass is 427 g/mol. The van der Waals surface area contributed by atoms with Crippen LogP contribution in [0.5, 0.6) is 5.75 Å². The molecular weight excluding hydrogens is 394 g/mol. The van der Waals surface area contributed by atoms with Crippen molar-refractivity contribution in [3.63, 3.8) is 0 Å². The van der Waals surface area contributed by atoms with Gasteiger partial charge in [0, 0.05) is 18.0 Å². The molecule has 3 amide bonds. The molecule has 5 rings (SSSR count). The van der Waals surface area contributed by atoms with Crippen molar-refractivity contribution in [2.24, 2.45) is 11.8 Å². The first-order valence-electron chi connectivity index (χ1n) is 11.5. The minimum absolute atomic E-state index is 0.0468. The second-order valence-corrected chi connectivity index (χ2v) is 10.8. The van der Waals surface area contributed by atoms with Gasteiger partial charge in [0.25, 0.3) is 5.91 Å². The summed E-state index contributed by atoms with van der Waals surface area (Å²) in [6, 6.07) is 4.89. The maximum absolute atomic E-state index is 12.9. The summed E-state index contributed by atoms with van der Waals surface area (Å²) in [4.78, 5) is 27.3. The number of aliphatic hydroxyl groups is 1. The lowest BCUT2D eigenvalue weighted by Crippen LogP contribution is -2.70. The van der Waals surface area contributed by atoms with Crippen molar-refractivity contribution in [3.05, 3.63) is 29.3 Å². The number of benzene rings is 1. The van der Waals surface area contributed by atoms with E-state index in [0.717, 1.165) is 37.1 Å². The van der Waals surface area contributed by atoms with Gasteiger partial charge in [-0.05, 0) is 80.7 Å². The SMILES string of the molecule is Cc1ccc(O)cc1[C@]12CC3CN(CCC(C)C)[C@H]3[C@]1(O)CC[C@@]1(C2)NC(=O)NC1=O. The molecular formula is C24H33N3O4. The molecule has 1 spiro atoms. The fraction of sp³-hybridized carbons (Fsp3) is 0.667. The molecule has 7 heteroatoms. The van der Waals surface area contributed by atoms with E-state index in [1.165, 1.54) is 0 Å². The molecule has 2 saturated heterocycles. The number of carbonyl (C=O) groups is 2. The first-order chi connectivity index (χ1) is 14.6. The maximum atomic E-state index is 12.9. The number of nitrogens with zero attached hydrogens (tertiary/aromatic N) is 1. The van der Waals surface area contributed by atoms with Crippen molar-refractivity contribution in [1.82, 2.24) is 15.5 Å². The lowest BCUT2D eigenvalue weighted by Gasteiger charge is -2.57. The van der Waals surface area contributed by atoms with Crippen LogP contribution in [0.1, 0.15) is 57.1 Å². The van der Waals surface area contributed by atoms with Gasteiger partial charge in [-0.3, -0.25) is 15.0 Å². The molecule has 1 unspecified atom stereocenters. The van der Waals surface area contributed by atoms with E-state index < -0.39 is 22.6 Å². The zero-order valence-corrected chi connectivity index (χ0v) is 18.6. The van der Waals surface area contributed by atoms with Crippen molar-refractivity contribution < 1.29 is 19.8 Å². The number of rotatable bonds is 4. The minimum atomic E-state index is -1.01. The second-order valence-electron chi connectivity index (χ2n) is 10.8. The van der Waals surface area contributed by atoms with Crippen LogP contribution in [-0.4, -0.2) is 57.3 Å². The van der Waals surface area contributed by atoms with E-state index >= 15 is 0 Å². The third-order valence-corrected chi connectivity index (χ3v) is 8.52. The highest BCUT2D eigenvalue weighted by Crippen LogP contribution is 2.65. The van der Waals surface area contributed by atoms with Crippen molar-refractivity contribution in [3.8, 4) is 5.75 Å². The standard InChI is InChI=1S/C24H33N3O4/c1-14(2)6-9-27-12-16-11-22(18-10-17(28)5-4-15(18)3)13-23(20(29)25-21(30)26-23)7-8-24(22,31)19(16)27/h4-5,10,14,16,19,28,31H,6-9,11-13H2,1-3H3,(H2,25,26,29,30)/t16?,19-,22-,23+,24-/m1/s1. The Morgan fingerprint density at radius 2 is 2.03 bits per heavy atom. The third kappa shape index (κ3) is 2.79. The van der Waals surface area contributed by atoms with E-state index in [1.54, 1.807) is 12.1 Å². The van der Waals surface area contributed by atoms with E-state index in [-0.39, 0.29) is 17.7 Å². The summed E-state index contributed by atoms with van der Waals surface area (Å²) in [6.45, 7) is 8.33. The zero-order valence-electron chi connectivity index (χ0n) is 18.6. The first-order valence-corrected chi connectivity index (χ1v) is 11.5. The molecule has 5 atom stereocenters. The fourth-order valence-corrected chi connectivity index (χ4v) is 7.12. The molecule has 7 nitrogen and oxygen atoms in total. The van der Waals surface area contributed by atoms with Gasteiger partial charge in [-0.1, -0.05) is 19.9 Å². The Balaban J connectivity index is 1.60. The molecule has 2 aliphatic carbocycles. The average Bonchev–Trinajstić information content (AvgIpc) is 3.05. The van der Waals surface area contributed by atoms with Gasteiger partial charge in [-0.25, -0.2) is 4.79 Å². The number of aromatic hydroxyl groups is 1. The molecule has 31 heavy (non-hydrogen) atoms. The molecule has 4 aliphatic rings. The molecule has 0 aromatic heterocycles. The molecule has 0 bridgehead atoms. The number of phenolic OH excluding ortho intramolecular Hbond substituents is 1. The highest BCUT2D eigenvalue weighted by atomic mass is 16.3. The number of carbonyl (C=O) groups excluding carboxylic acids is 2. The number of fused-ring (bicyclic) bond motifs is 3. The summed E-state index contributed by atoms with van der Waals surface area (Å²) in [5.74, 6) is 0.801. The Bertz CT molecular complexity index is 949. The van der Waals surface area contributed by atoms with Crippen LogP contribution >= 0.6 is 0 Å². The van der Waals surface area contributed by atoms with Crippen LogP contribution < -0.4 is 10.6 Å². The van der Waals surface area contributed by atoms with Gasteiger partial charge in [-0.15, -0.1) is 0 Å². The number of aryl methyl sites for hydroxylation is 1. The van der Waals surface area contributed by atoms with E-state index in [2.05, 4.69) is 29.4 Å². The number of urea groups is 1. The maximum Gasteiger partial charge on any atom is 0.322 e. The van der Waals surface area contributed by atoms with Crippen LogP contribution in [0.15, 0.2) is 18.2 Å². The van der Waals surface area contributed by atoms with E-state index in [1.807, 2.05) is 13.0 Å². The van der Waals surface area contributed by atoms with Gasteiger partial charge in [0.15, 0.2) is 0 Å². The van der Waals surface area contributed by atoms with Crippen molar-refractivity contribution in [2.75, 3.05) is 13.1 Å². The van der Waals surface area contributed by atoms with Crippen molar-refractivity contribution in [1.29, 1.82) is 0 Å². The highest BCUT2D eigenvalue weighted by Gasteiger charge is 2.73. The number of likely N-dealkylation sites (tertiary alicyclic amines) is 1. The molecule has 0 radical (unpaired) electrons. The molecule has 2 aliphatic heterocycles. The summed E-state index contributed by atoms with van der Waals surface area (Å²) >= 11 is 0. The Labute approximate surface area is 183 Å². The second kappa shape index (κ2) is 6.69. The topological polar surface area (TPSA) is 102 Å². The van der Waals surface area contributed by atoms with Gasteiger partial charge < -0.3 is 15.5 Å². The number of amides is 3. The van der Waals surface area contributed by atoms with E-state index in [0.29, 0.717) is 31.1 Å². The molecule has 4 fully saturated rings. The Morgan fingerprint density at radius 1 is 1.26 bits per heavy atom. The summed E-state index contributed by atoms with van der Waals surface area (Å²) in [5, 5.41) is 28.0. The quantitative estimate of drug-likeness (QED) is 0.552. The third-order valence-electron chi connectivity index (χ3n) is 8.52. The Kier molecular flexibility index (Phi) is 4.48. The number of phenols is 1. The lowest BCUT2D eigenvalue weighted by atomic mass is 9.55. The molecule has 2 heterocycles. The minimum Gasteiger partial charge on any atom is -0.508 e. The zero-order chi connectivity index (χ0) is 22.2. The van der Waals surface area contributed by atoms with Crippen LogP contribution in [0.2, 0.25) is 0 Å². The first kappa shape index (κ1) is 20.8. The Hall–Kier alpha value is -2.12. The normalized spacial score (nSPS) is 39.3. The lowest BCUT2D eigenvalue weighted by molar-refractivity contribution is -0.148. The number of imide groups is 1. The summed E-state index contributed by atoms with van der Waals surface area (Å²) in [5.41, 5.74) is -0.822. The molecule has 168 valence electrons. The highest BCUT2D eigenvalue weighted by molar-refractivity contribution is 6.07. The van der Waals surface area contributed by atoms with Crippen LogP contribution in [-0.2, 0) is 10.2 Å². The molecule has 1 aromatic rings. The van der Waals surface area contributed by atoms with Gasteiger partial charge in [0.05, 0.1) is 5.60 Å². The summed E-state index contributed by atoms with van der Waals surface area (Å²) in [6.07, 6.45) is 3.04. The molecule has 2 saturated carbocycles. The summed E-state index contributed by atoms with van der Waals surface area (Å²) in [7, 11) is 0. The van der Waals surface area contributed by atoms with E-state index in [4.69, 9.17) is 0 Å². The van der Waals surface area contributed by atoms with Crippen LogP contribution in [0.3, 0.4) is 0 Å². The van der Waals surface area contributed by atoms with Gasteiger partial charge in [-0.2, -0.15) is 0 Å². The van der Waals surface area contributed by atoms with Crippen LogP contribution in [0.4, 0.5) is 4.79 Å². The predicted molar refractivity (Wildman–Crippen MR) is 116 cm³/mol. The fourth-order valence-electron chi connectivity index (χ4n) is 7.12. The summed E-state index contributed by atoms with van der Waals surface area (Å²) < 4.78 is 0. The molecule has 4 N–H and O–H groups in total. The van der Waals surface area contributed by atoms with Gasteiger partial charge in [0.2, 0.25) is 0 Å². The Morgan fingerprint density at radius 3 is 2.71 bits per heavy atom. The average molecular weight is 428 g/mol. The number of hydrogen-bond donors (Lipinski definition) is 4. The predicted octanol–water partition coefficient (Wildman–Crippen LogP) is 2.18. The van der Waals surface area contributed by atoms with E-state index in [9.17, 15) is 19.8 Å². The van der Waals surface area contributed by atoms with Gasteiger partial charge in [0.1, 0.15) is 11.3 Å². The largest absolute Gasteiger partial charge is 0.508 e. The number of hydrogen-bond acceptors (Lipinski definition) is 5.